The number of rotatable bonds is 5. The van der Waals surface area contributed by atoms with Gasteiger partial charge < -0.3 is 15.0 Å². The second-order valence-corrected chi connectivity index (χ2v) is 7.63. The van der Waals surface area contributed by atoms with Crippen molar-refractivity contribution in [2.45, 2.75) is 26.1 Å². The molecule has 0 saturated carbocycles. The maximum Gasteiger partial charge on any atom is 0.269 e. The molecule has 0 radical (unpaired) electrons. The van der Waals surface area contributed by atoms with Gasteiger partial charge >= 0.3 is 0 Å². The predicted molar refractivity (Wildman–Crippen MR) is 118 cm³/mol. The molecule has 1 atom stereocenters. The van der Waals surface area contributed by atoms with E-state index in [2.05, 4.69) is 5.32 Å². The summed E-state index contributed by atoms with van der Waals surface area (Å²) in [7, 11) is 0. The lowest BCUT2D eigenvalue weighted by atomic mass is 10.1. The number of halogens is 1. The highest BCUT2D eigenvalue weighted by atomic mass is 19.1. The summed E-state index contributed by atoms with van der Waals surface area (Å²) in [5, 5.41) is 13.5. The van der Waals surface area contributed by atoms with Crippen LogP contribution in [0.25, 0.3) is 0 Å². The molecule has 0 aliphatic carbocycles. The minimum Gasteiger partial charge on any atom is -0.481 e. The lowest BCUT2D eigenvalue weighted by molar-refractivity contribution is -0.384. The highest BCUT2D eigenvalue weighted by molar-refractivity contribution is 6.04. The molecule has 2 amide bonds. The van der Waals surface area contributed by atoms with Crippen LogP contribution in [0.4, 0.5) is 15.8 Å². The van der Waals surface area contributed by atoms with E-state index in [-0.39, 0.29) is 30.2 Å². The van der Waals surface area contributed by atoms with Gasteiger partial charge in [-0.1, -0.05) is 18.2 Å². The van der Waals surface area contributed by atoms with Gasteiger partial charge in [-0.25, -0.2) is 4.39 Å². The number of nitrogens with zero attached hydrogens (tertiary/aromatic N) is 2. The van der Waals surface area contributed by atoms with Crippen LogP contribution in [0, 0.1) is 15.9 Å². The van der Waals surface area contributed by atoms with E-state index >= 15 is 0 Å². The highest BCUT2D eigenvalue weighted by Gasteiger charge is 2.28. The Balaban J connectivity index is 1.55. The van der Waals surface area contributed by atoms with E-state index in [0.717, 1.165) is 0 Å². The lowest BCUT2D eigenvalue weighted by Crippen LogP contribution is -2.37. The van der Waals surface area contributed by atoms with Crippen LogP contribution in [0.15, 0.2) is 66.7 Å². The zero-order valence-electron chi connectivity index (χ0n) is 17.7. The number of amides is 2. The Kier molecular flexibility index (Phi) is 6.03. The van der Waals surface area contributed by atoms with Crippen molar-refractivity contribution >= 4 is 23.2 Å². The zero-order valence-corrected chi connectivity index (χ0v) is 17.7. The molecule has 0 fully saturated rings. The number of carbonyl (C=O) groups excluding carboxylic acids is 2. The third-order valence-corrected chi connectivity index (χ3v) is 5.30. The molecule has 1 aliphatic heterocycles. The number of ether oxygens (including phenoxy) is 1. The maximum atomic E-state index is 14.2. The van der Waals surface area contributed by atoms with Gasteiger partial charge in [-0.2, -0.15) is 0 Å². The van der Waals surface area contributed by atoms with Crippen molar-refractivity contribution in [3.05, 3.63) is 99.4 Å². The molecule has 4 rings (SSSR count). The second-order valence-electron chi connectivity index (χ2n) is 7.63. The van der Waals surface area contributed by atoms with Crippen molar-refractivity contribution in [2.75, 3.05) is 5.32 Å². The smallest absolute Gasteiger partial charge is 0.269 e. The van der Waals surface area contributed by atoms with Gasteiger partial charge in [0, 0.05) is 47.6 Å². The van der Waals surface area contributed by atoms with E-state index in [0.29, 0.717) is 22.6 Å². The Morgan fingerprint density at radius 2 is 1.91 bits per heavy atom. The predicted octanol–water partition coefficient (Wildman–Crippen LogP) is 4.30. The van der Waals surface area contributed by atoms with Crippen LogP contribution in [-0.2, 0) is 17.9 Å². The van der Waals surface area contributed by atoms with E-state index in [1.807, 2.05) is 0 Å². The van der Waals surface area contributed by atoms with Crippen LogP contribution in [0.5, 0.6) is 5.75 Å². The van der Waals surface area contributed by atoms with Crippen LogP contribution in [0.2, 0.25) is 0 Å². The van der Waals surface area contributed by atoms with Gasteiger partial charge in [0.25, 0.3) is 17.5 Å². The zero-order chi connectivity index (χ0) is 23.5. The quantitative estimate of drug-likeness (QED) is 0.462. The van der Waals surface area contributed by atoms with Crippen molar-refractivity contribution in [3.63, 3.8) is 0 Å². The molecule has 1 aliphatic rings. The van der Waals surface area contributed by atoms with E-state index in [9.17, 15) is 24.1 Å². The van der Waals surface area contributed by atoms with Gasteiger partial charge in [0.1, 0.15) is 11.6 Å². The number of hydrogen-bond acceptors (Lipinski definition) is 5. The summed E-state index contributed by atoms with van der Waals surface area (Å²) in [4.78, 5) is 37.1. The first-order valence-electron chi connectivity index (χ1n) is 10.2. The van der Waals surface area contributed by atoms with Crippen LogP contribution in [-0.4, -0.2) is 27.7 Å². The van der Waals surface area contributed by atoms with Crippen LogP contribution in [0.1, 0.15) is 28.4 Å². The first kappa shape index (κ1) is 21.9. The number of non-ortho nitro benzene ring substituents is 1. The molecule has 0 spiro atoms. The number of benzene rings is 3. The first-order valence-corrected chi connectivity index (χ1v) is 10.2. The van der Waals surface area contributed by atoms with Crippen LogP contribution >= 0.6 is 0 Å². The Labute approximate surface area is 188 Å². The normalized spacial score (nSPS) is 15.3. The third kappa shape index (κ3) is 4.82. The molecule has 8 nitrogen and oxygen atoms in total. The minimum absolute atomic E-state index is 0.0814. The van der Waals surface area contributed by atoms with Crippen molar-refractivity contribution in [1.82, 2.24) is 4.90 Å². The fraction of sp³-hybridized carbons (Fsp3) is 0.167. The Hall–Kier alpha value is -4.27. The molecule has 0 unspecified atom stereocenters. The van der Waals surface area contributed by atoms with Gasteiger partial charge in [-0.05, 0) is 43.3 Å². The third-order valence-electron chi connectivity index (χ3n) is 5.30. The summed E-state index contributed by atoms with van der Waals surface area (Å²) < 4.78 is 19.9. The molecule has 0 bridgehead atoms. The molecule has 0 aromatic heterocycles. The van der Waals surface area contributed by atoms with Crippen molar-refractivity contribution in [2.24, 2.45) is 0 Å². The number of anilines is 1. The van der Waals surface area contributed by atoms with E-state index < -0.39 is 22.8 Å². The number of nitro benzene ring substituents is 1. The average molecular weight is 449 g/mol. The molecular weight excluding hydrogens is 429 g/mol. The lowest BCUT2D eigenvalue weighted by Gasteiger charge is -2.22. The number of fused-ring (bicyclic) bond motifs is 1. The summed E-state index contributed by atoms with van der Waals surface area (Å²) in [6.07, 6.45) is -0.751. The van der Waals surface area contributed by atoms with E-state index in [4.69, 9.17) is 4.74 Å². The van der Waals surface area contributed by atoms with Gasteiger partial charge in [0.15, 0.2) is 6.10 Å². The Bertz CT molecular complexity index is 1230. The Morgan fingerprint density at radius 3 is 2.61 bits per heavy atom. The molecule has 9 heteroatoms. The molecular formula is C24H20FN3O5. The van der Waals surface area contributed by atoms with Gasteiger partial charge in [-0.3, -0.25) is 19.7 Å². The van der Waals surface area contributed by atoms with Crippen molar-refractivity contribution < 1.29 is 23.6 Å². The summed E-state index contributed by atoms with van der Waals surface area (Å²) in [5.41, 5.74) is 1.67. The number of nitrogens with one attached hydrogen (secondary N) is 1. The van der Waals surface area contributed by atoms with Crippen molar-refractivity contribution in [3.8, 4) is 5.75 Å². The largest absolute Gasteiger partial charge is 0.481 e. The summed E-state index contributed by atoms with van der Waals surface area (Å²) >= 11 is 0. The molecule has 3 aromatic carbocycles. The average Bonchev–Trinajstić information content (AvgIpc) is 2.91. The van der Waals surface area contributed by atoms with Crippen LogP contribution < -0.4 is 10.1 Å². The topological polar surface area (TPSA) is 102 Å². The molecule has 0 saturated heterocycles. The maximum absolute atomic E-state index is 14.2. The fourth-order valence-corrected chi connectivity index (χ4v) is 3.58. The van der Waals surface area contributed by atoms with Gasteiger partial charge in [0.05, 0.1) is 4.92 Å². The standard InChI is InChI=1S/C24H20FN3O5/c1-15-24(30)27(13-17-4-2-3-5-21(17)25)14-18-12-19(8-11-22(18)33-15)26-23(29)16-6-9-20(10-7-16)28(31)32/h2-12,15H,13-14H2,1H3,(H,26,29)/t15-/m0/s1. The summed E-state index contributed by atoms with van der Waals surface area (Å²) in [6.45, 7) is 1.89. The number of hydrogen-bond donors (Lipinski definition) is 1. The van der Waals surface area contributed by atoms with Gasteiger partial charge in [0.2, 0.25) is 0 Å². The molecule has 168 valence electrons. The van der Waals surface area contributed by atoms with Gasteiger partial charge in [-0.15, -0.1) is 0 Å². The number of nitro groups is 1. The number of carbonyl (C=O) groups is 2. The molecule has 3 aromatic rings. The van der Waals surface area contributed by atoms with Crippen molar-refractivity contribution in [1.29, 1.82) is 0 Å². The monoisotopic (exact) mass is 449 g/mol. The Morgan fingerprint density at radius 1 is 1.18 bits per heavy atom. The second kappa shape index (κ2) is 9.07. The SMILES string of the molecule is C[C@@H]1Oc2ccc(NC(=O)c3ccc([N+](=O)[O-])cc3)cc2CN(Cc2ccccc2F)C1=O. The minimum atomic E-state index is -0.751. The summed E-state index contributed by atoms with van der Waals surface area (Å²) in [5.74, 6) is -0.606. The highest BCUT2D eigenvalue weighted by Crippen LogP contribution is 2.30. The van der Waals surface area contributed by atoms with E-state index in [1.165, 1.54) is 35.2 Å². The molecule has 1 N–H and O–H groups in total. The molecule has 1 heterocycles. The fourth-order valence-electron chi connectivity index (χ4n) is 3.58. The molecule has 33 heavy (non-hydrogen) atoms. The summed E-state index contributed by atoms with van der Waals surface area (Å²) in [6, 6.07) is 16.5. The van der Waals surface area contributed by atoms with E-state index in [1.54, 1.807) is 43.3 Å². The first-order chi connectivity index (χ1) is 15.8. The van der Waals surface area contributed by atoms with Crippen LogP contribution in [0.3, 0.4) is 0 Å².